The van der Waals surface area contributed by atoms with Crippen LogP contribution in [0.5, 0.6) is 0 Å². The molecule has 0 saturated heterocycles. The predicted molar refractivity (Wildman–Crippen MR) is 108 cm³/mol. The third-order valence-electron chi connectivity index (χ3n) is 5.49. The zero-order chi connectivity index (χ0) is 31.4. The number of carbonyl (C=O) groups is 1. The lowest BCUT2D eigenvalue weighted by atomic mass is 9.99. The fraction of sp³-hybridized carbons (Fsp3) is 0.318. The van der Waals surface area contributed by atoms with E-state index in [9.17, 15) is 71.4 Å². The first kappa shape index (κ1) is 31.6. The van der Waals surface area contributed by atoms with Crippen molar-refractivity contribution in [3.8, 4) is 11.1 Å². The maximum absolute atomic E-state index is 14.4. The molecule has 0 aliphatic heterocycles. The van der Waals surface area contributed by atoms with Crippen molar-refractivity contribution in [1.29, 1.82) is 0 Å². The Morgan fingerprint density at radius 3 is 1.68 bits per heavy atom. The number of aromatic carboxylic acids is 1. The second-order valence-electron chi connectivity index (χ2n) is 8.26. The summed E-state index contributed by atoms with van der Waals surface area (Å²) in [5.41, 5.74) is -0.446. The first-order valence-corrected chi connectivity index (χ1v) is 10.5. The number of carboxylic acids is 1. The van der Waals surface area contributed by atoms with Crippen LogP contribution in [0.25, 0.3) is 11.1 Å². The lowest BCUT2D eigenvalue weighted by Gasteiger charge is -2.27. The molecule has 1 N–H and O–H groups in total. The van der Waals surface area contributed by atoms with Crippen molar-refractivity contribution in [3.05, 3.63) is 71.3 Å². The molecule has 3 rings (SSSR count). The molecule has 224 valence electrons. The van der Waals surface area contributed by atoms with Crippen LogP contribution in [-0.4, -0.2) is 50.0 Å². The van der Waals surface area contributed by atoms with Crippen LogP contribution in [0.1, 0.15) is 27.6 Å². The monoisotopic (exact) mass is 615 g/mol. The molecule has 41 heavy (non-hydrogen) atoms. The largest absolute Gasteiger partial charge is 0.478 e. The van der Waals surface area contributed by atoms with Gasteiger partial charge in [0, 0.05) is 0 Å². The second-order valence-corrected chi connectivity index (χ2v) is 8.26. The highest BCUT2D eigenvalue weighted by Crippen LogP contribution is 2.54. The molecule has 0 unspecified atom stereocenters. The molecule has 0 atom stereocenters. The van der Waals surface area contributed by atoms with Crippen molar-refractivity contribution >= 4 is 5.97 Å². The molecule has 2 aromatic carbocycles. The summed E-state index contributed by atoms with van der Waals surface area (Å²) in [5, 5.41) is 11.6. The summed E-state index contributed by atoms with van der Waals surface area (Å²) in [4.78, 5) is 13.3. The van der Waals surface area contributed by atoms with Crippen LogP contribution in [0.15, 0.2) is 48.5 Å². The zero-order valence-electron chi connectivity index (χ0n) is 19.3. The molecule has 1 heterocycles. The molecule has 0 spiro atoms. The Morgan fingerprint density at radius 2 is 1.20 bits per heavy atom. The van der Waals surface area contributed by atoms with Crippen molar-refractivity contribution in [1.82, 2.24) is 14.8 Å². The van der Waals surface area contributed by atoms with E-state index >= 15 is 0 Å². The van der Waals surface area contributed by atoms with Gasteiger partial charge in [-0.3, -0.25) is 0 Å². The number of hydrogen-bond donors (Lipinski definition) is 1. The Bertz CT molecular complexity index is 1430. The van der Waals surface area contributed by atoms with Crippen LogP contribution >= 0.6 is 0 Å². The smallest absolute Gasteiger partial charge is 0.460 e. The van der Waals surface area contributed by atoms with Gasteiger partial charge in [0.25, 0.3) is 0 Å². The number of benzene rings is 2. The number of carboxylic acid groups (broad SMARTS) is 1. The molecule has 5 nitrogen and oxygen atoms in total. The van der Waals surface area contributed by atoms with Crippen molar-refractivity contribution in [3.63, 3.8) is 0 Å². The minimum absolute atomic E-state index is 0.0839. The number of halogens is 14. The standard InChI is InChI=1S/C22H11F14N3O2/c23-17(24,19(27,28)21(31,32)33)15-37-16(18(25,26)20(29,30)22(34,35)36)39(38-15)9-10-5-7-11(8-6-10)12-3-1-2-4-13(12)14(40)41/h1-8H,9H2,(H,40,41). The van der Waals surface area contributed by atoms with E-state index in [1.54, 1.807) is 0 Å². The number of nitrogens with zero attached hydrogens (tertiary/aromatic N) is 3. The van der Waals surface area contributed by atoms with Crippen molar-refractivity contribution < 1.29 is 71.4 Å². The van der Waals surface area contributed by atoms with Crippen molar-refractivity contribution in [2.24, 2.45) is 0 Å². The Labute approximate surface area is 218 Å². The summed E-state index contributed by atoms with van der Waals surface area (Å²) in [7, 11) is 0. The highest BCUT2D eigenvalue weighted by Gasteiger charge is 2.78. The first-order chi connectivity index (χ1) is 18.5. The highest BCUT2D eigenvalue weighted by molar-refractivity contribution is 5.95. The van der Waals surface area contributed by atoms with Gasteiger partial charge < -0.3 is 5.11 Å². The lowest BCUT2D eigenvalue weighted by molar-refractivity contribution is -0.363. The maximum atomic E-state index is 14.4. The average molecular weight is 615 g/mol. The predicted octanol–water partition coefficient (Wildman–Crippen LogP) is 7.27. The van der Waals surface area contributed by atoms with Crippen LogP contribution < -0.4 is 0 Å². The zero-order valence-corrected chi connectivity index (χ0v) is 19.3. The topological polar surface area (TPSA) is 68.0 Å². The fourth-order valence-corrected chi connectivity index (χ4v) is 3.34. The van der Waals surface area contributed by atoms with Gasteiger partial charge in [-0.05, 0) is 22.8 Å². The van der Waals surface area contributed by atoms with Crippen molar-refractivity contribution in [2.45, 2.75) is 42.6 Å². The van der Waals surface area contributed by atoms with E-state index in [0.29, 0.717) is 0 Å². The molecule has 0 aliphatic rings. The van der Waals surface area contributed by atoms with Crippen LogP contribution in [0.4, 0.5) is 61.5 Å². The summed E-state index contributed by atoms with van der Waals surface area (Å²) in [6, 6.07) is 9.24. The van der Waals surface area contributed by atoms with Gasteiger partial charge in [-0.15, -0.1) is 5.10 Å². The minimum Gasteiger partial charge on any atom is -0.478 e. The molecule has 0 aliphatic carbocycles. The molecule has 0 radical (unpaired) electrons. The van der Waals surface area contributed by atoms with Gasteiger partial charge >= 0.3 is 42.0 Å². The molecule has 3 aromatic rings. The Morgan fingerprint density at radius 1 is 0.707 bits per heavy atom. The third kappa shape index (κ3) is 5.28. The van der Waals surface area contributed by atoms with E-state index in [4.69, 9.17) is 0 Å². The molecule has 1 aromatic heterocycles. The summed E-state index contributed by atoms with van der Waals surface area (Å²) >= 11 is 0. The van der Waals surface area contributed by atoms with E-state index in [-0.39, 0.29) is 16.7 Å². The quantitative estimate of drug-likeness (QED) is 0.271. The summed E-state index contributed by atoms with van der Waals surface area (Å²) in [6.07, 6.45) is -14.1. The van der Waals surface area contributed by atoms with Crippen LogP contribution in [0.2, 0.25) is 0 Å². The second kappa shape index (κ2) is 9.86. The molecule has 19 heteroatoms. The normalized spacial score (nSPS) is 13.9. The molecular formula is C22H11F14N3O2. The first-order valence-electron chi connectivity index (χ1n) is 10.5. The summed E-state index contributed by atoms with van der Waals surface area (Å²) in [6.45, 7) is -1.46. The van der Waals surface area contributed by atoms with Gasteiger partial charge in [-0.1, -0.05) is 42.5 Å². The van der Waals surface area contributed by atoms with E-state index in [1.165, 1.54) is 24.3 Å². The number of hydrogen-bond acceptors (Lipinski definition) is 3. The van der Waals surface area contributed by atoms with Crippen LogP contribution in [0.3, 0.4) is 0 Å². The number of rotatable bonds is 8. The SMILES string of the molecule is O=C(O)c1ccccc1-c1ccc(Cn2nc(C(F)(F)C(F)(F)C(F)(F)F)nc2C(F)(F)C(F)(F)C(F)(F)F)cc1. The van der Waals surface area contributed by atoms with Crippen LogP contribution in [-0.2, 0) is 18.4 Å². The number of aromatic nitrogens is 3. The Hall–Kier alpha value is -3.93. The average Bonchev–Trinajstić information content (AvgIpc) is 3.28. The van der Waals surface area contributed by atoms with Crippen LogP contribution in [0, 0.1) is 0 Å². The fourth-order valence-electron chi connectivity index (χ4n) is 3.34. The van der Waals surface area contributed by atoms with Crippen molar-refractivity contribution in [2.75, 3.05) is 0 Å². The third-order valence-corrected chi connectivity index (χ3v) is 5.49. The maximum Gasteiger partial charge on any atom is 0.460 e. The van der Waals surface area contributed by atoms with Gasteiger partial charge in [-0.25, -0.2) is 14.5 Å². The minimum atomic E-state index is -7.08. The van der Waals surface area contributed by atoms with E-state index in [0.717, 1.165) is 24.3 Å². The van der Waals surface area contributed by atoms with Gasteiger partial charge in [0.2, 0.25) is 11.6 Å². The van der Waals surface area contributed by atoms with Gasteiger partial charge in [0.1, 0.15) is 0 Å². The Kier molecular flexibility index (Phi) is 7.60. The number of alkyl halides is 14. The van der Waals surface area contributed by atoms with Gasteiger partial charge in [0.15, 0.2) is 0 Å². The summed E-state index contributed by atoms with van der Waals surface area (Å²) < 4.78 is 186. The van der Waals surface area contributed by atoms with E-state index in [2.05, 4.69) is 5.10 Å². The molecule has 0 saturated carbocycles. The Balaban J connectivity index is 2.15. The van der Waals surface area contributed by atoms with E-state index < -0.39 is 70.5 Å². The molecule has 0 bridgehead atoms. The highest BCUT2D eigenvalue weighted by atomic mass is 19.4. The van der Waals surface area contributed by atoms with Gasteiger partial charge in [-0.2, -0.15) is 61.5 Å². The lowest BCUT2D eigenvalue weighted by Crippen LogP contribution is -2.51. The summed E-state index contributed by atoms with van der Waals surface area (Å²) in [5.74, 6) is -34.8. The molecule has 0 amide bonds. The van der Waals surface area contributed by atoms with E-state index in [1.807, 2.05) is 4.98 Å². The molecular weight excluding hydrogens is 604 g/mol. The van der Waals surface area contributed by atoms with Gasteiger partial charge in [0.05, 0.1) is 12.1 Å². The molecule has 0 fully saturated rings.